The van der Waals surface area contributed by atoms with Gasteiger partial charge in [-0.2, -0.15) is 0 Å². The summed E-state index contributed by atoms with van der Waals surface area (Å²) in [6, 6.07) is 6.65. The van der Waals surface area contributed by atoms with Gasteiger partial charge < -0.3 is 5.73 Å². The van der Waals surface area contributed by atoms with Crippen molar-refractivity contribution >= 4 is 0 Å². The molecule has 0 spiro atoms. The normalized spacial score (nSPS) is 16.3. The Labute approximate surface area is 124 Å². The minimum Gasteiger partial charge on any atom is -0.325 e. The fourth-order valence-electron chi connectivity index (χ4n) is 3.25. The molecule has 1 fully saturated rings. The van der Waals surface area contributed by atoms with Gasteiger partial charge in [0.25, 0.3) is 0 Å². The molecule has 0 saturated heterocycles. The van der Waals surface area contributed by atoms with Gasteiger partial charge in [0.05, 0.1) is 17.9 Å². The molecular weight excluding hydrogens is 267 g/mol. The molecule has 21 heavy (non-hydrogen) atoms. The molecule has 1 aliphatic carbocycles. The van der Waals surface area contributed by atoms with Crippen LogP contribution in [-0.4, -0.2) is 15.0 Å². The molecule has 5 heteroatoms. The molecular formula is C16H21FN4. The number of nitrogens with two attached hydrogens (primary N) is 1. The summed E-state index contributed by atoms with van der Waals surface area (Å²) < 4.78 is 15.2. The average Bonchev–Trinajstić information content (AvgIpc) is 2.91. The highest BCUT2D eigenvalue weighted by Crippen LogP contribution is 2.34. The monoisotopic (exact) mass is 288 g/mol. The molecule has 3 rings (SSSR count). The molecule has 0 bridgehead atoms. The van der Waals surface area contributed by atoms with Crippen LogP contribution >= 0.6 is 0 Å². The third-order valence-corrected chi connectivity index (χ3v) is 4.25. The van der Waals surface area contributed by atoms with E-state index >= 15 is 0 Å². The van der Waals surface area contributed by atoms with Crippen molar-refractivity contribution < 1.29 is 4.39 Å². The Kier molecular flexibility index (Phi) is 4.29. The summed E-state index contributed by atoms with van der Waals surface area (Å²) in [7, 11) is 0. The van der Waals surface area contributed by atoms with E-state index in [1.807, 2.05) is 10.7 Å². The maximum atomic E-state index is 13.3. The van der Waals surface area contributed by atoms with E-state index in [1.165, 1.54) is 38.2 Å². The molecule has 1 heterocycles. The Balaban J connectivity index is 1.89. The van der Waals surface area contributed by atoms with E-state index in [9.17, 15) is 4.39 Å². The topological polar surface area (TPSA) is 56.7 Å². The van der Waals surface area contributed by atoms with E-state index in [0.717, 1.165) is 17.0 Å². The van der Waals surface area contributed by atoms with E-state index in [2.05, 4.69) is 10.3 Å². The Bertz CT molecular complexity index is 602. The van der Waals surface area contributed by atoms with Crippen molar-refractivity contribution in [2.75, 3.05) is 0 Å². The van der Waals surface area contributed by atoms with Gasteiger partial charge in [0, 0.05) is 12.5 Å². The fraction of sp³-hybridized carbons (Fsp3) is 0.500. The van der Waals surface area contributed by atoms with Gasteiger partial charge in [-0.25, -0.2) is 9.07 Å². The second kappa shape index (κ2) is 6.35. The van der Waals surface area contributed by atoms with Gasteiger partial charge in [-0.05, 0) is 30.5 Å². The zero-order valence-corrected chi connectivity index (χ0v) is 12.1. The molecule has 1 aliphatic rings. The Morgan fingerprint density at radius 1 is 1.24 bits per heavy atom. The number of halogens is 1. The first kappa shape index (κ1) is 14.2. The first-order chi connectivity index (χ1) is 10.3. The quantitative estimate of drug-likeness (QED) is 0.941. The average molecular weight is 288 g/mol. The summed E-state index contributed by atoms with van der Waals surface area (Å²) in [5, 5.41) is 8.47. The van der Waals surface area contributed by atoms with Gasteiger partial charge in [-0.1, -0.05) is 36.6 Å². The van der Waals surface area contributed by atoms with Gasteiger partial charge in [0.1, 0.15) is 5.82 Å². The predicted octanol–water partition coefficient (Wildman–Crippen LogP) is 2.97. The van der Waals surface area contributed by atoms with E-state index in [1.54, 1.807) is 12.1 Å². The lowest BCUT2D eigenvalue weighted by atomic mass is 9.86. The molecule has 2 aromatic rings. The summed E-state index contributed by atoms with van der Waals surface area (Å²) >= 11 is 0. The highest BCUT2D eigenvalue weighted by atomic mass is 19.1. The van der Waals surface area contributed by atoms with E-state index in [4.69, 9.17) is 5.73 Å². The number of benzene rings is 1. The fourth-order valence-corrected chi connectivity index (χ4v) is 3.25. The minimum absolute atomic E-state index is 0.217. The first-order valence-corrected chi connectivity index (χ1v) is 7.64. The van der Waals surface area contributed by atoms with E-state index in [-0.39, 0.29) is 5.82 Å². The van der Waals surface area contributed by atoms with Crippen molar-refractivity contribution in [3.05, 3.63) is 47.0 Å². The number of hydrogen-bond donors (Lipinski definition) is 1. The van der Waals surface area contributed by atoms with Crippen LogP contribution in [0.3, 0.4) is 0 Å². The Morgan fingerprint density at radius 2 is 2.05 bits per heavy atom. The van der Waals surface area contributed by atoms with Crippen LogP contribution in [0.5, 0.6) is 0 Å². The van der Waals surface area contributed by atoms with Crippen LogP contribution < -0.4 is 5.73 Å². The van der Waals surface area contributed by atoms with E-state index in [0.29, 0.717) is 19.0 Å². The van der Waals surface area contributed by atoms with Crippen molar-refractivity contribution in [1.29, 1.82) is 0 Å². The summed E-state index contributed by atoms with van der Waals surface area (Å²) in [6.07, 6.45) is 6.15. The summed E-state index contributed by atoms with van der Waals surface area (Å²) in [5.41, 5.74) is 8.76. The van der Waals surface area contributed by atoms with Crippen LogP contribution in [0.15, 0.2) is 24.3 Å². The lowest BCUT2D eigenvalue weighted by molar-refractivity contribution is 0.417. The van der Waals surface area contributed by atoms with Crippen LogP contribution in [0, 0.1) is 5.82 Å². The van der Waals surface area contributed by atoms with Crippen LogP contribution in [0.2, 0.25) is 0 Å². The van der Waals surface area contributed by atoms with Gasteiger partial charge in [0.15, 0.2) is 0 Å². The molecule has 112 valence electrons. The smallest absolute Gasteiger partial charge is 0.123 e. The molecule has 2 N–H and O–H groups in total. The van der Waals surface area contributed by atoms with Crippen molar-refractivity contribution in [3.8, 4) is 0 Å². The molecule has 1 aromatic heterocycles. The zero-order chi connectivity index (χ0) is 14.7. The Hall–Kier alpha value is -1.75. The van der Waals surface area contributed by atoms with E-state index < -0.39 is 0 Å². The SMILES string of the molecule is NCc1nnn(Cc2cccc(F)c2)c1C1CCCCC1. The van der Waals surface area contributed by atoms with Gasteiger partial charge in [-0.3, -0.25) is 0 Å². The molecule has 0 radical (unpaired) electrons. The van der Waals surface area contributed by atoms with Gasteiger partial charge in [0.2, 0.25) is 0 Å². The number of hydrogen-bond acceptors (Lipinski definition) is 3. The molecule has 0 aliphatic heterocycles. The van der Waals surface area contributed by atoms with Gasteiger partial charge in [-0.15, -0.1) is 5.10 Å². The Morgan fingerprint density at radius 3 is 2.76 bits per heavy atom. The number of aromatic nitrogens is 3. The third kappa shape index (κ3) is 3.13. The number of nitrogens with zero attached hydrogens (tertiary/aromatic N) is 3. The summed E-state index contributed by atoms with van der Waals surface area (Å²) in [6.45, 7) is 0.964. The highest BCUT2D eigenvalue weighted by molar-refractivity contribution is 5.21. The maximum Gasteiger partial charge on any atom is 0.123 e. The minimum atomic E-state index is -0.217. The van der Waals surface area contributed by atoms with Crippen LogP contribution in [0.25, 0.3) is 0 Å². The second-order valence-corrected chi connectivity index (χ2v) is 5.75. The van der Waals surface area contributed by atoms with Crippen molar-refractivity contribution in [2.45, 2.75) is 51.1 Å². The molecule has 1 aromatic carbocycles. The van der Waals surface area contributed by atoms with Crippen molar-refractivity contribution in [3.63, 3.8) is 0 Å². The van der Waals surface area contributed by atoms with Crippen LogP contribution in [0.1, 0.15) is 55.0 Å². The molecule has 1 saturated carbocycles. The molecule has 0 unspecified atom stereocenters. The lowest BCUT2D eigenvalue weighted by Crippen LogP contribution is -2.15. The predicted molar refractivity (Wildman–Crippen MR) is 79.2 cm³/mol. The first-order valence-electron chi connectivity index (χ1n) is 7.64. The molecule has 4 nitrogen and oxygen atoms in total. The standard InChI is InChI=1S/C16H21FN4/c17-14-8-4-5-12(9-14)11-21-16(15(10-18)19-20-21)13-6-2-1-3-7-13/h4-5,8-9,13H,1-3,6-7,10-11,18H2. The second-order valence-electron chi connectivity index (χ2n) is 5.75. The van der Waals surface area contributed by atoms with Crippen molar-refractivity contribution in [1.82, 2.24) is 15.0 Å². The zero-order valence-electron chi connectivity index (χ0n) is 12.1. The van der Waals surface area contributed by atoms with Crippen molar-refractivity contribution in [2.24, 2.45) is 5.73 Å². The van der Waals surface area contributed by atoms with Crippen LogP contribution in [-0.2, 0) is 13.1 Å². The van der Waals surface area contributed by atoms with Gasteiger partial charge >= 0.3 is 0 Å². The molecule has 0 atom stereocenters. The maximum absolute atomic E-state index is 13.3. The molecule has 0 amide bonds. The van der Waals surface area contributed by atoms with Crippen LogP contribution in [0.4, 0.5) is 4.39 Å². The summed E-state index contributed by atoms with van der Waals surface area (Å²) in [5.74, 6) is 0.270. The third-order valence-electron chi connectivity index (χ3n) is 4.25. The summed E-state index contributed by atoms with van der Waals surface area (Å²) in [4.78, 5) is 0. The highest BCUT2D eigenvalue weighted by Gasteiger charge is 2.23. The largest absolute Gasteiger partial charge is 0.325 e. The lowest BCUT2D eigenvalue weighted by Gasteiger charge is -2.23. The number of rotatable bonds is 4.